The molecule has 1 atom stereocenters. The molecule has 4 heteroatoms. The molecule has 1 unspecified atom stereocenters. The van der Waals surface area contributed by atoms with Crippen molar-refractivity contribution in [3.63, 3.8) is 0 Å². The zero-order valence-electron chi connectivity index (χ0n) is 9.03. The van der Waals surface area contributed by atoms with Crippen molar-refractivity contribution in [1.82, 2.24) is 9.78 Å². The molecule has 0 aromatic carbocycles. The summed E-state index contributed by atoms with van der Waals surface area (Å²) in [5.74, 6) is 0. The molecular formula is C10H18N2O2. The molecule has 1 heterocycles. The van der Waals surface area contributed by atoms with E-state index in [1.54, 1.807) is 17.8 Å². The number of aromatic nitrogens is 2. The highest BCUT2D eigenvalue weighted by Crippen LogP contribution is 2.20. The minimum atomic E-state index is -0.956. The van der Waals surface area contributed by atoms with Crippen molar-refractivity contribution in [3.8, 4) is 0 Å². The molecule has 0 saturated carbocycles. The van der Waals surface area contributed by atoms with Crippen molar-refractivity contribution in [2.75, 3.05) is 13.2 Å². The van der Waals surface area contributed by atoms with Crippen LogP contribution in [0.2, 0.25) is 0 Å². The summed E-state index contributed by atoms with van der Waals surface area (Å²) in [7, 11) is 0. The van der Waals surface area contributed by atoms with Gasteiger partial charge in [0.25, 0.3) is 0 Å². The minimum absolute atomic E-state index is 0.301. The summed E-state index contributed by atoms with van der Waals surface area (Å²) in [5.41, 5.74) is -0.156. The third-order valence-electron chi connectivity index (χ3n) is 2.16. The predicted octanol–water partition coefficient (Wildman–Crippen LogP) is 1.15. The van der Waals surface area contributed by atoms with Gasteiger partial charge in [0.1, 0.15) is 5.60 Å². The Labute approximate surface area is 84.5 Å². The first-order chi connectivity index (χ1) is 6.61. The smallest absolute Gasteiger partial charge is 0.127 e. The van der Waals surface area contributed by atoms with Crippen molar-refractivity contribution < 1.29 is 9.84 Å². The van der Waals surface area contributed by atoms with Gasteiger partial charge >= 0.3 is 0 Å². The van der Waals surface area contributed by atoms with Gasteiger partial charge in [-0.3, -0.25) is 4.68 Å². The van der Waals surface area contributed by atoms with E-state index < -0.39 is 5.60 Å². The van der Waals surface area contributed by atoms with Gasteiger partial charge in [0.15, 0.2) is 0 Å². The third kappa shape index (κ3) is 2.33. The highest BCUT2D eigenvalue weighted by atomic mass is 16.5. The summed E-state index contributed by atoms with van der Waals surface area (Å²) in [6.07, 6.45) is 1.69. The van der Waals surface area contributed by atoms with Crippen molar-refractivity contribution in [2.24, 2.45) is 0 Å². The number of aryl methyl sites for hydroxylation is 1. The van der Waals surface area contributed by atoms with Crippen LogP contribution < -0.4 is 0 Å². The quantitative estimate of drug-likeness (QED) is 0.772. The Morgan fingerprint density at radius 1 is 1.57 bits per heavy atom. The van der Waals surface area contributed by atoms with Crippen LogP contribution in [0.5, 0.6) is 0 Å². The fourth-order valence-corrected chi connectivity index (χ4v) is 1.42. The second-order valence-corrected chi connectivity index (χ2v) is 3.44. The highest BCUT2D eigenvalue weighted by molar-refractivity contribution is 5.10. The first-order valence-corrected chi connectivity index (χ1v) is 4.94. The van der Waals surface area contributed by atoms with E-state index in [1.165, 1.54) is 0 Å². The molecule has 0 aliphatic rings. The maximum Gasteiger partial charge on any atom is 0.127 e. The molecule has 1 rings (SSSR count). The van der Waals surface area contributed by atoms with E-state index in [-0.39, 0.29) is 0 Å². The van der Waals surface area contributed by atoms with Crippen LogP contribution in [-0.2, 0) is 16.9 Å². The molecule has 0 bridgehead atoms. The van der Waals surface area contributed by atoms with Crippen LogP contribution in [0.4, 0.5) is 0 Å². The van der Waals surface area contributed by atoms with Gasteiger partial charge in [0.05, 0.1) is 12.3 Å². The largest absolute Gasteiger partial charge is 0.381 e. The van der Waals surface area contributed by atoms with Gasteiger partial charge < -0.3 is 9.84 Å². The molecule has 0 saturated heterocycles. The summed E-state index contributed by atoms with van der Waals surface area (Å²) >= 11 is 0. The van der Waals surface area contributed by atoms with E-state index >= 15 is 0 Å². The van der Waals surface area contributed by atoms with Crippen LogP contribution in [0.25, 0.3) is 0 Å². The first-order valence-electron chi connectivity index (χ1n) is 4.94. The van der Waals surface area contributed by atoms with E-state index in [2.05, 4.69) is 5.10 Å². The molecule has 14 heavy (non-hydrogen) atoms. The maximum atomic E-state index is 10.1. The van der Waals surface area contributed by atoms with E-state index in [1.807, 2.05) is 19.9 Å². The Bertz CT molecular complexity index is 281. The van der Waals surface area contributed by atoms with E-state index in [0.717, 1.165) is 12.2 Å². The van der Waals surface area contributed by atoms with E-state index in [9.17, 15) is 5.11 Å². The zero-order chi connectivity index (χ0) is 10.6. The molecule has 0 fully saturated rings. The fourth-order valence-electron chi connectivity index (χ4n) is 1.42. The molecule has 0 aliphatic carbocycles. The van der Waals surface area contributed by atoms with Crippen LogP contribution in [0.1, 0.15) is 26.5 Å². The van der Waals surface area contributed by atoms with E-state index in [0.29, 0.717) is 13.2 Å². The lowest BCUT2D eigenvalue weighted by Crippen LogP contribution is -2.31. The van der Waals surface area contributed by atoms with Gasteiger partial charge in [-0.2, -0.15) is 5.10 Å². The average Bonchev–Trinajstić information content (AvgIpc) is 2.63. The van der Waals surface area contributed by atoms with Gasteiger partial charge in [0.2, 0.25) is 0 Å². The second kappa shape index (κ2) is 4.57. The number of nitrogens with zero attached hydrogens (tertiary/aromatic N) is 2. The maximum absolute atomic E-state index is 10.1. The van der Waals surface area contributed by atoms with E-state index in [4.69, 9.17) is 4.74 Å². The predicted molar refractivity (Wildman–Crippen MR) is 54.0 cm³/mol. The normalized spacial score (nSPS) is 15.4. The van der Waals surface area contributed by atoms with Crippen molar-refractivity contribution >= 4 is 0 Å². The zero-order valence-corrected chi connectivity index (χ0v) is 9.03. The highest BCUT2D eigenvalue weighted by Gasteiger charge is 2.26. The summed E-state index contributed by atoms with van der Waals surface area (Å²) in [6, 6.07) is 1.82. The Hall–Kier alpha value is -0.870. The minimum Gasteiger partial charge on any atom is -0.381 e. The molecule has 80 valence electrons. The summed E-state index contributed by atoms with van der Waals surface area (Å²) in [5, 5.41) is 14.2. The number of hydrogen-bond donors (Lipinski definition) is 1. The van der Waals surface area contributed by atoms with Gasteiger partial charge in [-0.1, -0.05) is 0 Å². The summed E-state index contributed by atoms with van der Waals surface area (Å²) in [6.45, 7) is 7.31. The molecular weight excluding hydrogens is 180 g/mol. The lowest BCUT2D eigenvalue weighted by atomic mass is 10.0. The van der Waals surface area contributed by atoms with Crippen LogP contribution in [0.3, 0.4) is 0 Å². The number of hydrogen-bond acceptors (Lipinski definition) is 3. The molecule has 0 amide bonds. The molecule has 0 radical (unpaired) electrons. The Balaban J connectivity index is 2.79. The number of ether oxygens (including phenoxy) is 1. The lowest BCUT2D eigenvalue weighted by Gasteiger charge is -2.23. The van der Waals surface area contributed by atoms with Crippen molar-refractivity contribution in [3.05, 3.63) is 18.0 Å². The fraction of sp³-hybridized carbons (Fsp3) is 0.700. The summed E-state index contributed by atoms with van der Waals surface area (Å²) in [4.78, 5) is 0. The molecule has 1 aromatic rings. The second-order valence-electron chi connectivity index (χ2n) is 3.44. The van der Waals surface area contributed by atoms with Gasteiger partial charge in [-0.05, 0) is 26.8 Å². The molecule has 1 N–H and O–H groups in total. The van der Waals surface area contributed by atoms with Crippen LogP contribution >= 0.6 is 0 Å². The molecule has 0 spiro atoms. The van der Waals surface area contributed by atoms with Gasteiger partial charge in [-0.15, -0.1) is 0 Å². The van der Waals surface area contributed by atoms with Crippen LogP contribution in [0, 0.1) is 0 Å². The number of rotatable bonds is 5. The van der Waals surface area contributed by atoms with Gasteiger partial charge in [0, 0.05) is 19.3 Å². The Morgan fingerprint density at radius 2 is 2.29 bits per heavy atom. The average molecular weight is 198 g/mol. The third-order valence-corrected chi connectivity index (χ3v) is 2.16. The Morgan fingerprint density at radius 3 is 2.86 bits per heavy atom. The van der Waals surface area contributed by atoms with Crippen molar-refractivity contribution in [2.45, 2.75) is 32.9 Å². The molecule has 0 aliphatic heterocycles. The number of aliphatic hydroxyl groups is 1. The van der Waals surface area contributed by atoms with Gasteiger partial charge in [-0.25, -0.2) is 0 Å². The van der Waals surface area contributed by atoms with Crippen LogP contribution in [-0.4, -0.2) is 28.1 Å². The monoisotopic (exact) mass is 198 g/mol. The molecule has 1 aromatic heterocycles. The molecule has 4 nitrogen and oxygen atoms in total. The Kier molecular flexibility index (Phi) is 3.66. The van der Waals surface area contributed by atoms with Crippen molar-refractivity contribution in [1.29, 1.82) is 0 Å². The standard InChI is InChI=1S/C10H18N2O2/c1-4-12-9(6-7-11-12)10(3,13)8-14-5-2/h6-7,13H,4-5,8H2,1-3H3. The van der Waals surface area contributed by atoms with Crippen LogP contribution in [0.15, 0.2) is 12.3 Å². The lowest BCUT2D eigenvalue weighted by molar-refractivity contribution is -0.0399. The first kappa shape index (κ1) is 11.2. The SMILES string of the molecule is CCOCC(C)(O)c1ccnn1CC. The topological polar surface area (TPSA) is 47.3 Å². The summed E-state index contributed by atoms with van der Waals surface area (Å²) < 4.78 is 7.01.